The number of nitrogens with zero attached hydrogens (tertiary/aromatic N) is 6. The molecular formula is C24H18ClN7O2. The summed E-state index contributed by atoms with van der Waals surface area (Å²) in [7, 11) is 0. The Hall–Kier alpha value is -4.11. The van der Waals surface area contributed by atoms with Gasteiger partial charge in [-0.3, -0.25) is 9.59 Å². The van der Waals surface area contributed by atoms with Crippen LogP contribution in [0.3, 0.4) is 0 Å². The van der Waals surface area contributed by atoms with E-state index in [1.54, 1.807) is 35.3 Å². The van der Waals surface area contributed by atoms with Crippen molar-refractivity contribution in [1.29, 1.82) is 0 Å². The quantitative estimate of drug-likeness (QED) is 0.378. The fraction of sp³-hybridized carbons (Fsp3) is 0.167. The van der Waals surface area contributed by atoms with Crippen molar-refractivity contribution in [1.82, 2.24) is 28.7 Å². The van der Waals surface area contributed by atoms with Gasteiger partial charge in [0.05, 0.1) is 24.0 Å². The van der Waals surface area contributed by atoms with Gasteiger partial charge in [-0.1, -0.05) is 17.7 Å². The summed E-state index contributed by atoms with van der Waals surface area (Å²) in [4.78, 5) is 42.5. The van der Waals surface area contributed by atoms with Crippen LogP contribution in [-0.2, 0) is 11.2 Å². The van der Waals surface area contributed by atoms with E-state index in [0.29, 0.717) is 22.3 Å². The molecule has 1 fully saturated rings. The SMILES string of the molecule is O=C(Cc1ncn2ccc(Cl)cc12)Nc1cc(C(=O)c2cn3cc(C4CC4)ccc3n2)ncn1. The van der Waals surface area contributed by atoms with Gasteiger partial charge in [0.15, 0.2) is 0 Å². The number of fused-ring (bicyclic) bond motifs is 2. The zero-order valence-electron chi connectivity index (χ0n) is 17.8. The molecule has 5 aromatic rings. The molecule has 1 saturated carbocycles. The molecule has 1 aliphatic carbocycles. The molecule has 1 aliphatic rings. The Bertz CT molecular complexity index is 1590. The first-order valence-electron chi connectivity index (χ1n) is 10.8. The lowest BCUT2D eigenvalue weighted by Crippen LogP contribution is -2.16. The van der Waals surface area contributed by atoms with Crippen molar-refractivity contribution in [2.45, 2.75) is 25.2 Å². The van der Waals surface area contributed by atoms with Crippen molar-refractivity contribution in [3.05, 3.63) is 89.2 Å². The molecule has 0 saturated heterocycles. The smallest absolute Gasteiger partial charge is 0.231 e. The van der Waals surface area contributed by atoms with Crippen molar-refractivity contribution in [3.8, 4) is 0 Å². The highest BCUT2D eigenvalue weighted by atomic mass is 35.5. The average Bonchev–Trinajstić information content (AvgIpc) is 3.49. The lowest BCUT2D eigenvalue weighted by Gasteiger charge is -2.05. The first-order chi connectivity index (χ1) is 16.5. The molecule has 1 N–H and O–H groups in total. The molecule has 5 aromatic heterocycles. The Morgan fingerprint density at radius 3 is 2.76 bits per heavy atom. The number of nitrogens with one attached hydrogen (secondary N) is 1. The van der Waals surface area contributed by atoms with E-state index in [-0.39, 0.29) is 35.3 Å². The molecule has 0 aromatic carbocycles. The molecule has 5 heterocycles. The van der Waals surface area contributed by atoms with Crippen LogP contribution in [-0.4, -0.2) is 40.4 Å². The minimum atomic E-state index is -0.343. The van der Waals surface area contributed by atoms with Gasteiger partial charge in [0, 0.05) is 29.7 Å². The van der Waals surface area contributed by atoms with Gasteiger partial charge in [-0.2, -0.15) is 0 Å². The highest BCUT2D eigenvalue weighted by molar-refractivity contribution is 6.30. The predicted octanol–water partition coefficient (Wildman–Crippen LogP) is 3.72. The standard InChI is InChI=1S/C24H18ClN7O2/c25-16-5-6-31-13-28-17(20(31)7-16)9-23(33)30-21-8-18(26-12-27-21)24(34)19-11-32-10-15(14-1-2-14)3-4-22(32)29-19/h3-8,10-14H,1-2,9H2,(H,26,27,30,33). The van der Waals surface area contributed by atoms with Crippen LogP contribution >= 0.6 is 11.6 Å². The molecule has 10 heteroatoms. The number of pyridine rings is 2. The number of hydrogen-bond acceptors (Lipinski definition) is 6. The predicted molar refractivity (Wildman–Crippen MR) is 125 cm³/mol. The number of rotatable bonds is 6. The van der Waals surface area contributed by atoms with Crippen molar-refractivity contribution < 1.29 is 9.59 Å². The third-order valence-electron chi connectivity index (χ3n) is 5.83. The molecule has 0 aliphatic heterocycles. The summed E-state index contributed by atoms with van der Waals surface area (Å²) in [6.45, 7) is 0. The number of ketones is 1. The molecular weight excluding hydrogens is 454 g/mol. The summed E-state index contributed by atoms with van der Waals surface area (Å²) < 4.78 is 3.66. The second-order valence-corrected chi connectivity index (χ2v) is 8.74. The molecule has 1 amide bonds. The zero-order chi connectivity index (χ0) is 23.2. The summed E-state index contributed by atoms with van der Waals surface area (Å²) in [5, 5.41) is 3.27. The van der Waals surface area contributed by atoms with Gasteiger partial charge in [-0.15, -0.1) is 0 Å². The normalized spacial score (nSPS) is 13.4. The number of anilines is 1. The van der Waals surface area contributed by atoms with E-state index < -0.39 is 0 Å². The van der Waals surface area contributed by atoms with Gasteiger partial charge in [-0.05, 0) is 42.5 Å². The van der Waals surface area contributed by atoms with Crippen molar-refractivity contribution in [2.75, 3.05) is 5.32 Å². The maximum Gasteiger partial charge on any atom is 0.231 e. The van der Waals surface area contributed by atoms with E-state index in [9.17, 15) is 9.59 Å². The van der Waals surface area contributed by atoms with Crippen LogP contribution in [0.5, 0.6) is 0 Å². The topological polar surface area (TPSA) is 107 Å². The van der Waals surface area contributed by atoms with E-state index in [1.807, 2.05) is 16.7 Å². The van der Waals surface area contributed by atoms with Gasteiger partial charge in [0.2, 0.25) is 11.7 Å². The lowest BCUT2D eigenvalue weighted by atomic mass is 10.2. The monoisotopic (exact) mass is 471 g/mol. The number of aromatic nitrogens is 6. The Balaban J connectivity index is 1.20. The third kappa shape index (κ3) is 3.90. The van der Waals surface area contributed by atoms with Gasteiger partial charge >= 0.3 is 0 Å². The molecule has 34 heavy (non-hydrogen) atoms. The highest BCUT2D eigenvalue weighted by Gasteiger charge is 2.24. The number of carbonyl (C=O) groups is 2. The second kappa shape index (κ2) is 8.03. The van der Waals surface area contributed by atoms with Crippen LogP contribution in [0.15, 0.2) is 61.6 Å². The summed E-state index contributed by atoms with van der Waals surface area (Å²) >= 11 is 6.06. The molecule has 0 radical (unpaired) electrons. The average molecular weight is 472 g/mol. The Morgan fingerprint density at radius 2 is 1.91 bits per heavy atom. The number of amides is 1. The largest absolute Gasteiger partial charge is 0.310 e. The van der Waals surface area contributed by atoms with Crippen molar-refractivity contribution in [2.24, 2.45) is 0 Å². The molecule has 0 bridgehead atoms. The van der Waals surface area contributed by atoms with Gasteiger partial charge < -0.3 is 14.1 Å². The molecule has 0 spiro atoms. The molecule has 168 valence electrons. The van der Waals surface area contributed by atoms with Crippen LogP contribution in [0.2, 0.25) is 5.02 Å². The van der Waals surface area contributed by atoms with Crippen LogP contribution in [0.1, 0.15) is 46.2 Å². The molecule has 0 unspecified atom stereocenters. The Kier molecular flexibility index (Phi) is 4.84. The van der Waals surface area contributed by atoms with E-state index in [2.05, 4.69) is 31.3 Å². The number of halogens is 1. The van der Waals surface area contributed by atoms with E-state index in [1.165, 1.54) is 30.8 Å². The summed E-state index contributed by atoms with van der Waals surface area (Å²) in [6, 6.07) is 8.92. The van der Waals surface area contributed by atoms with E-state index in [4.69, 9.17) is 11.6 Å². The first kappa shape index (κ1) is 20.5. The fourth-order valence-corrected chi connectivity index (χ4v) is 4.11. The minimum absolute atomic E-state index is 0.0277. The van der Waals surface area contributed by atoms with Crippen molar-refractivity contribution >= 4 is 40.3 Å². The molecule has 0 atom stereocenters. The van der Waals surface area contributed by atoms with Crippen LogP contribution in [0.25, 0.3) is 11.2 Å². The second-order valence-electron chi connectivity index (χ2n) is 8.30. The zero-order valence-corrected chi connectivity index (χ0v) is 18.6. The highest BCUT2D eigenvalue weighted by Crippen LogP contribution is 2.39. The Labute approximate surface area is 198 Å². The number of hydrogen-bond donors (Lipinski definition) is 1. The maximum absolute atomic E-state index is 13.0. The third-order valence-corrected chi connectivity index (χ3v) is 6.07. The summed E-state index contributed by atoms with van der Waals surface area (Å²) in [6.07, 6.45) is 10.8. The summed E-state index contributed by atoms with van der Waals surface area (Å²) in [5.41, 5.74) is 3.71. The maximum atomic E-state index is 13.0. The summed E-state index contributed by atoms with van der Waals surface area (Å²) in [5.74, 6) is 0.170. The molecule has 9 nitrogen and oxygen atoms in total. The number of imidazole rings is 2. The molecule has 6 rings (SSSR count). The van der Waals surface area contributed by atoms with E-state index in [0.717, 1.165) is 5.52 Å². The Morgan fingerprint density at radius 1 is 1.03 bits per heavy atom. The first-order valence-corrected chi connectivity index (χ1v) is 11.2. The minimum Gasteiger partial charge on any atom is -0.310 e. The van der Waals surface area contributed by atoms with Crippen LogP contribution < -0.4 is 5.32 Å². The van der Waals surface area contributed by atoms with Gasteiger partial charge in [-0.25, -0.2) is 19.9 Å². The van der Waals surface area contributed by atoms with Crippen LogP contribution in [0.4, 0.5) is 5.82 Å². The van der Waals surface area contributed by atoms with E-state index >= 15 is 0 Å². The number of carbonyl (C=O) groups excluding carboxylic acids is 2. The van der Waals surface area contributed by atoms with Crippen LogP contribution in [0, 0.1) is 0 Å². The fourth-order valence-electron chi connectivity index (χ4n) is 3.95. The van der Waals surface area contributed by atoms with Crippen molar-refractivity contribution in [3.63, 3.8) is 0 Å². The van der Waals surface area contributed by atoms with Gasteiger partial charge in [0.1, 0.15) is 29.2 Å². The van der Waals surface area contributed by atoms with Gasteiger partial charge in [0.25, 0.3) is 0 Å². The lowest BCUT2D eigenvalue weighted by molar-refractivity contribution is -0.115.